The first-order valence-electron chi connectivity index (χ1n) is 7.37. The fourth-order valence-electron chi connectivity index (χ4n) is 2.59. The predicted octanol–water partition coefficient (Wildman–Crippen LogP) is 2.02. The number of halogens is 1. The van der Waals surface area contributed by atoms with E-state index < -0.39 is 0 Å². The summed E-state index contributed by atoms with van der Waals surface area (Å²) >= 11 is 0. The molecule has 0 spiro atoms. The fourth-order valence-corrected chi connectivity index (χ4v) is 2.59. The number of amides is 1. The smallest absolute Gasteiger partial charge is 0.272 e. The lowest BCUT2D eigenvalue weighted by atomic mass is 9.95. The molecule has 2 N–H and O–H groups in total. The molecule has 2 heterocycles. The molecule has 22 heavy (non-hydrogen) atoms. The van der Waals surface area contributed by atoms with Crippen molar-refractivity contribution >= 4 is 18.3 Å². The number of benzene rings is 1. The van der Waals surface area contributed by atoms with Crippen LogP contribution in [0.3, 0.4) is 0 Å². The number of carbonyl (C=O) groups excluding carboxylic acids is 1. The number of aromatic nitrogens is 2. The summed E-state index contributed by atoms with van der Waals surface area (Å²) in [7, 11) is 0. The van der Waals surface area contributed by atoms with Gasteiger partial charge in [0.05, 0.1) is 5.69 Å². The van der Waals surface area contributed by atoms with Crippen LogP contribution < -0.4 is 10.6 Å². The van der Waals surface area contributed by atoms with Crippen molar-refractivity contribution in [2.45, 2.75) is 19.4 Å². The lowest BCUT2D eigenvalue weighted by molar-refractivity contribution is 0.0909. The van der Waals surface area contributed by atoms with Crippen molar-refractivity contribution in [1.82, 2.24) is 20.4 Å². The summed E-state index contributed by atoms with van der Waals surface area (Å²) in [6.07, 6.45) is 2.90. The van der Waals surface area contributed by atoms with E-state index in [0.29, 0.717) is 11.6 Å². The monoisotopic (exact) mass is 320 g/mol. The van der Waals surface area contributed by atoms with Crippen LogP contribution in [0.1, 0.15) is 23.8 Å². The van der Waals surface area contributed by atoms with Crippen LogP contribution in [0.2, 0.25) is 0 Å². The summed E-state index contributed by atoms with van der Waals surface area (Å²) in [5, 5.41) is 10.7. The zero-order chi connectivity index (χ0) is 14.7. The quantitative estimate of drug-likeness (QED) is 0.909. The molecule has 118 valence electrons. The molecule has 0 bridgehead atoms. The van der Waals surface area contributed by atoms with Gasteiger partial charge in [-0.3, -0.25) is 4.79 Å². The molecular formula is C16H21ClN4O. The summed E-state index contributed by atoms with van der Waals surface area (Å²) < 4.78 is 1.72. The third-order valence-corrected chi connectivity index (χ3v) is 3.99. The molecule has 1 aromatic carbocycles. The number of carbonyl (C=O) groups is 1. The highest BCUT2D eigenvalue weighted by atomic mass is 35.5. The third kappa shape index (κ3) is 3.67. The van der Waals surface area contributed by atoms with Crippen molar-refractivity contribution < 1.29 is 4.79 Å². The molecule has 1 aliphatic rings. The second kappa shape index (κ2) is 7.42. The topological polar surface area (TPSA) is 58.9 Å². The van der Waals surface area contributed by atoms with E-state index in [1.165, 1.54) is 0 Å². The van der Waals surface area contributed by atoms with Gasteiger partial charge in [0.15, 0.2) is 5.69 Å². The predicted molar refractivity (Wildman–Crippen MR) is 88.7 cm³/mol. The van der Waals surface area contributed by atoms with E-state index in [9.17, 15) is 4.79 Å². The first-order valence-corrected chi connectivity index (χ1v) is 7.37. The van der Waals surface area contributed by atoms with Gasteiger partial charge in [-0.25, -0.2) is 4.68 Å². The van der Waals surface area contributed by atoms with Crippen molar-refractivity contribution in [2.24, 2.45) is 5.92 Å². The summed E-state index contributed by atoms with van der Waals surface area (Å²) in [6, 6.07) is 11.7. The number of para-hydroxylation sites is 1. The van der Waals surface area contributed by atoms with Gasteiger partial charge >= 0.3 is 0 Å². The van der Waals surface area contributed by atoms with Gasteiger partial charge in [0.1, 0.15) is 0 Å². The fraction of sp³-hybridized carbons (Fsp3) is 0.375. The zero-order valence-electron chi connectivity index (χ0n) is 12.5. The average Bonchev–Trinajstić information content (AvgIpc) is 3.00. The summed E-state index contributed by atoms with van der Waals surface area (Å²) in [5.74, 6) is 0.386. The van der Waals surface area contributed by atoms with E-state index in [-0.39, 0.29) is 24.4 Å². The standard InChI is InChI=1S/C16H20N4O.ClH/c1-12-7-9-17-11-15(12)18-16(21)14-8-10-20(19-14)13-5-3-2-4-6-13;/h2-6,8,10,12,15,17H,7,9,11H2,1H3,(H,18,21);1H. The van der Waals surface area contributed by atoms with Crippen LogP contribution in [-0.4, -0.2) is 34.8 Å². The molecule has 2 unspecified atom stereocenters. The number of hydrogen-bond donors (Lipinski definition) is 2. The van der Waals surface area contributed by atoms with Crippen molar-refractivity contribution in [1.29, 1.82) is 0 Å². The third-order valence-electron chi connectivity index (χ3n) is 3.99. The van der Waals surface area contributed by atoms with Crippen LogP contribution >= 0.6 is 12.4 Å². The average molecular weight is 321 g/mol. The lowest BCUT2D eigenvalue weighted by Gasteiger charge is -2.29. The van der Waals surface area contributed by atoms with Gasteiger partial charge in [-0.2, -0.15) is 5.10 Å². The number of nitrogens with one attached hydrogen (secondary N) is 2. The van der Waals surface area contributed by atoms with Crippen molar-refractivity contribution in [3.8, 4) is 5.69 Å². The first kappa shape index (κ1) is 16.5. The van der Waals surface area contributed by atoms with Crippen LogP contribution in [0.4, 0.5) is 0 Å². The van der Waals surface area contributed by atoms with Crippen molar-refractivity contribution in [3.05, 3.63) is 48.3 Å². The minimum absolute atomic E-state index is 0. The highest BCUT2D eigenvalue weighted by molar-refractivity contribution is 5.92. The molecule has 1 saturated heterocycles. The van der Waals surface area contributed by atoms with Crippen LogP contribution in [0, 0.1) is 5.92 Å². The van der Waals surface area contributed by atoms with E-state index in [2.05, 4.69) is 22.7 Å². The SMILES string of the molecule is CC1CCNCC1NC(=O)c1ccn(-c2ccccc2)n1.Cl. The van der Waals surface area contributed by atoms with Crippen molar-refractivity contribution in [2.75, 3.05) is 13.1 Å². The highest BCUT2D eigenvalue weighted by Gasteiger charge is 2.23. The molecular weight excluding hydrogens is 300 g/mol. The van der Waals surface area contributed by atoms with Crippen LogP contribution in [0.15, 0.2) is 42.6 Å². The van der Waals surface area contributed by atoms with Crippen LogP contribution in [0.5, 0.6) is 0 Å². The second-order valence-corrected chi connectivity index (χ2v) is 5.53. The van der Waals surface area contributed by atoms with E-state index in [1.807, 2.05) is 36.5 Å². The molecule has 1 fully saturated rings. The van der Waals surface area contributed by atoms with Gasteiger partial charge in [0.2, 0.25) is 0 Å². The van der Waals surface area contributed by atoms with Crippen LogP contribution in [0.25, 0.3) is 5.69 Å². The highest BCUT2D eigenvalue weighted by Crippen LogP contribution is 2.12. The molecule has 0 saturated carbocycles. The van der Waals surface area contributed by atoms with Gasteiger partial charge in [-0.15, -0.1) is 12.4 Å². The molecule has 6 heteroatoms. The number of hydrogen-bond acceptors (Lipinski definition) is 3. The molecule has 1 aliphatic heterocycles. The maximum Gasteiger partial charge on any atom is 0.272 e. The maximum atomic E-state index is 12.3. The van der Waals surface area contributed by atoms with Crippen molar-refractivity contribution in [3.63, 3.8) is 0 Å². The number of rotatable bonds is 3. The molecule has 0 aliphatic carbocycles. The Labute approximate surface area is 136 Å². The Balaban J connectivity index is 0.00000176. The Morgan fingerprint density at radius 1 is 1.32 bits per heavy atom. The van der Waals surface area contributed by atoms with Gasteiger partial charge < -0.3 is 10.6 Å². The lowest BCUT2D eigenvalue weighted by Crippen LogP contribution is -2.50. The largest absolute Gasteiger partial charge is 0.346 e. The summed E-state index contributed by atoms with van der Waals surface area (Å²) in [6.45, 7) is 4.02. The molecule has 2 aromatic rings. The Morgan fingerprint density at radius 3 is 2.82 bits per heavy atom. The first-order chi connectivity index (χ1) is 10.2. The molecule has 1 aromatic heterocycles. The Morgan fingerprint density at radius 2 is 2.09 bits per heavy atom. The Kier molecular flexibility index (Phi) is 5.57. The van der Waals surface area contributed by atoms with Gasteiger partial charge in [-0.05, 0) is 37.1 Å². The molecule has 1 amide bonds. The minimum Gasteiger partial charge on any atom is -0.346 e. The van der Waals surface area contributed by atoms with Gasteiger partial charge in [0, 0.05) is 18.8 Å². The molecule has 0 radical (unpaired) electrons. The summed E-state index contributed by atoms with van der Waals surface area (Å²) in [4.78, 5) is 12.3. The van der Waals surface area contributed by atoms with E-state index in [0.717, 1.165) is 25.2 Å². The summed E-state index contributed by atoms with van der Waals surface area (Å²) in [5.41, 5.74) is 1.40. The maximum absolute atomic E-state index is 12.3. The van der Waals surface area contributed by atoms with Crippen LogP contribution in [-0.2, 0) is 0 Å². The normalized spacial score (nSPS) is 21.0. The Bertz CT molecular complexity index is 614. The van der Waals surface area contributed by atoms with Gasteiger partial charge in [0.25, 0.3) is 5.91 Å². The second-order valence-electron chi connectivity index (χ2n) is 5.53. The molecule has 2 atom stereocenters. The minimum atomic E-state index is -0.106. The molecule has 5 nitrogen and oxygen atoms in total. The number of nitrogens with zero attached hydrogens (tertiary/aromatic N) is 2. The van der Waals surface area contributed by atoms with E-state index >= 15 is 0 Å². The zero-order valence-corrected chi connectivity index (χ0v) is 13.3. The molecule has 3 rings (SSSR count). The van der Waals surface area contributed by atoms with Gasteiger partial charge in [-0.1, -0.05) is 25.1 Å². The Hall–Kier alpha value is -1.85. The number of piperidine rings is 1. The van der Waals surface area contributed by atoms with E-state index in [4.69, 9.17) is 0 Å². The van der Waals surface area contributed by atoms with E-state index in [1.54, 1.807) is 10.7 Å².